The molecule has 1 atom stereocenters. The van der Waals surface area contributed by atoms with E-state index in [-0.39, 0.29) is 11.7 Å². The SMILES string of the molecule is CCCc1nc(C)cc(N2CCC[C@]3(CC2)CN(C)C(=O)O3)n1. The second-order valence-corrected chi connectivity index (χ2v) is 6.78. The maximum absolute atomic E-state index is 11.7. The predicted molar refractivity (Wildman–Crippen MR) is 88.7 cm³/mol. The van der Waals surface area contributed by atoms with E-state index in [2.05, 4.69) is 22.9 Å². The van der Waals surface area contributed by atoms with Gasteiger partial charge in [0.2, 0.25) is 0 Å². The first-order chi connectivity index (χ1) is 11.0. The van der Waals surface area contributed by atoms with Crippen LogP contribution in [0.1, 0.15) is 44.1 Å². The van der Waals surface area contributed by atoms with E-state index in [1.807, 2.05) is 14.0 Å². The molecule has 1 aromatic rings. The molecule has 1 amide bonds. The molecule has 3 heterocycles. The van der Waals surface area contributed by atoms with Crippen molar-refractivity contribution >= 4 is 11.9 Å². The average molecular weight is 318 g/mol. The van der Waals surface area contributed by atoms with Gasteiger partial charge >= 0.3 is 6.09 Å². The van der Waals surface area contributed by atoms with Gasteiger partial charge in [0.1, 0.15) is 17.2 Å². The van der Waals surface area contributed by atoms with Crippen molar-refractivity contribution in [1.82, 2.24) is 14.9 Å². The fraction of sp³-hybridized carbons (Fsp3) is 0.706. The molecule has 23 heavy (non-hydrogen) atoms. The second-order valence-electron chi connectivity index (χ2n) is 6.78. The summed E-state index contributed by atoms with van der Waals surface area (Å²) >= 11 is 0. The van der Waals surface area contributed by atoms with Crippen LogP contribution >= 0.6 is 0 Å². The number of carbonyl (C=O) groups excluding carboxylic acids is 1. The quantitative estimate of drug-likeness (QED) is 0.857. The van der Waals surface area contributed by atoms with E-state index in [0.29, 0.717) is 6.54 Å². The van der Waals surface area contributed by atoms with Crippen molar-refractivity contribution < 1.29 is 9.53 Å². The van der Waals surface area contributed by atoms with Gasteiger partial charge in [0.05, 0.1) is 6.54 Å². The van der Waals surface area contributed by atoms with Gasteiger partial charge in [0.25, 0.3) is 0 Å². The van der Waals surface area contributed by atoms with E-state index in [1.54, 1.807) is 4.90 Å². The number of amides is 1. The third-order valence-electron chi connectivity index (χ3n) is 4.72. The molecule has 3 rings (SSSR count). The van der Waals surface area contributed by atoms with E-state index >= 15 is 0 Å². The first-order valence-electron chi connectivity index (χ1n) is 8.55. The number of hydrogen-bond donors (Lipinski definition) is 0. The fourth-order valence-corrected chi connectivity index (χ4v) is 3.56. The topological polar surface area (TPSA) is 58.6 Å². The van der Waals surface area contributed by atoms with Crippen LogP contribution in [0.15, 0.2) is 6.07 Å². The summed E-state index contributed by atoms with van der Waals surface area (Å²) in [5.74, 6) is 1.93. The average Bonchev–Trinajstić information content (AvgIpc) is 2.66. The Labute approximate surface area is 137 Å². The monoisotopic (exact) mass is 318 g/mol. The molecule has 0 aliphatic carbocycles. The number of carbonyl (C=O) groups is 1. The molecule has 1 aromatic heterocycles. The molecule has 0 radical (unpaired) electrons. The number of nitrogens with zero attached hydrogens (tertiary/aromatic N) is 4. The van der Waals surface area contributed by atoms with Crippen molar-refractivity contribution in [3.63, 3.8) is 0 Å². The third kappa shape index (κ3) is 3.41. The molecule has 0 saturated carbocycles. The summed E-state index contributed by atoms with van der Waals surface area (Å²) in [4.78, 5) is 25.0. The standard InChI is InChI=1S/C17H26N4O2/c1-4-6-14-18-13(2)11-15(19-14)21-9-5-7-17(8-10-21)12-20(3)16(22)23-17/h11H,4-10,12H2,1-3H3/t17-/m0/s1. The Hall–Kier alpha value is -1.85. The maximum Gasteiger partial charge on any atom is 0.410 e. The zero-order valence-corrected chi connectivity index (χ0v) is 14.3. The molecule has 2 aliphatic heterocycles. The summed E-state index contributed by atoms with van der Waals surface area (Å²) in [7, 11) is 1.81. The van der Waals surface area contributed by atoms with Crippen molar-refractivity contribution in [3.8, 4) is 0 Å². The van der Waals surface area contributed by atoms with Crippen molar-refractivity contribution in [2.45, 2.75) is 51.6 Å². The summed E-state index contributed by atoms with van der Waals surface area (Å²) < 4.78 is 5.68. The van der Waals surface area contributed by atoms with Crippen molar-refractivity contribution in [1.29, 1.82) is 0 Å². The minimum Gasteiger partial charge on any atom is -0.441 e. The van der Waals surface area contributed by atoms with Crippen LogP contribution in [0, 0.1) is 6.92 Å². The lowest BCUT2D eigenvalue weighted by molar-refractivity contribution is 0.0473. The Morgan fingerprint density at radius 3 is 2.83 bits per heavy atom. The van der Waals surface area contributed by atoms with Crippen molar-refractivity contribution in [2.75, 3.05) is 31.6 Å². The van der Waals surface area contributed by atoms with Crippen LogP contribution < -0.4 is 4.90 Å². The number of aromatic nitrogens is 2. The van der Waals surface area contributed by atoms with Gasteiger partial charge in [-0.3, -0.25) is 0 Å². The van der Waals surface area contributed by atoms with E-state index in [4.69, 9.17) is 9.72 Å². The van der Waals surface area contributed by atoms with Gasteiger partial charge in [-0.15, -0.1) is 0 Å². The highest BCUT2D eigenvalue weighted by Gasteiger charge is 2.44. The van der Waals surface area contributed by atoms with Gasteiger partial charge in [0, 0.05) is 44.7 Å². The van der Waals surface area contributed by atoms with Crippen LogP contribution in [0.3, 0.4) is 0 Å². The normalized spacial score (nSPS) is 24.9. The Kier molecular flexibility index (Phi) is 4.41. The predicted octanol–water partition coefficient (Wildman–Crippen LogP) is 2.55. The summed E-state index contributed by atoms with van der Waals surface area (Å²) in [5.41, 5.74) is 0.707. The van der Waals surface area contributed by atoms with Crippen molar-refractivity contribution in [3.05, 3.63) is 17.6 Å². The van der Waals surface area contributed by atoms with Crippen LogP contribution in [0.2, 0.25) is 0 Å². The number of anilines is 1. The summed E-state index contributed by atoms with van der Waals surface area (Å²) in [6.07, 6.45) is 4.55. The minimum absolute atomic E-state index is 0.193. The number of ether oxygens (including phenoxy) is 1. The number of hydrogen-bond acceptors (Lipinski definition) is 5. The smallest absolute Gasteiger partial charge is 0.410 e. The molecule has 2 saturated heterocycles. The summed E-state index contributed by atoms with van der Waals surface area (Å²) in [5, 5.41) is 0. The third-order valence-corrected chi connectivity index (χ3v) is 4.72. The molecule has 0 unspecified atom stereocenters. The summed E-state index contributed by atoms with van der Waals surface area (Å²) in [6, 6.07) is 2.06. The Bertz CT molecular complexity index is 592. The van der Waals surface area contributed by atoms with Crippen LogP contribution in [-0.2, 0) is 11.2 Å². The second kappa shape index (κ2) is 6.34. The molecule has 0 bridgehead atoms. The molecule has 6 heteroatoms. The minimum atomic E-state index is -0.311. The Morgan fingerprint density at radius 2 is 2.13 bits per heavy atom. The Morgan fingerprint density at radius 1 is 1.30 bits per heavy atom. The lowest BCUT2D eigenvalue weighted by Gasteiger charge is -2.26. The van der Waals surface area contributed by atoms with E-state index < -0.39 is 0 Å². The first kappa shape index (κ1) is 16.0. The molecule has 2 aliphatic rings. The van der Waals surface area contributed by atoms with Gasteiger partial charge in [-0.2, -0.15) is 0 Å². The fourth-order valence-electron chi connectivity index (χ4n) is 3.56. The highest BCUT2D eigenvalue weighted by Crippen LogP contribution is 2.33. The van der Waals surface area contributed by atoms with Gasteiger partial charge in [-0.25, -0.2) is 14.8 Å². The van der Waals surface area contributed by atoms with E-state index in [1.165, 1.54) is 0 Å². The Balaban J connectivity index is 1.74. The highest BCUT2D eigenvalue weighted by molar-refractivity contribution is 5.70. The lowest BCUT2D eigenvalue weighted by atomic mass is 9.95. The number of likely N-dealkylation sites (N-methyl/N-ethyl adjacent to an activating group) is 1. The first-order valence-corrected chi connectivity index (χ1v) is 8.55. The molecule has 6 nitrogen and oxygen atoms in total. The van der Waals surface area contributed by atoms with Crippen LogP contribution in [0.4, 0.5) is 10.6 Å². The van der Waals surface area contributed by atoms with E-state index in [9.17, 15) is 4.79 Å². The zero-order chi connectivity index (χ0) is 16.4. The number of rotatable bonds is 3. The molecule has 126 valence electrons. The van der Waals surface area contributed by atoms with Gasteiger partial charge < -0.3 is 14.5 Å². The van der Waals surface area contributed by atoms with Gasteiger partial charge in [-0.1, -0.05) is 6.92 Å². The molecule has 0 N–H and O–H groups in total. The zero-order valence-electron chi connectivity index (χ0n) is 14.3. The van der Waals surface area contributed by atoms with Crippen LogP contribution in [0.25, 0.3) is 0 Å². The molecule has 1 spiro atoms. The van der Waals surface area contributed by atoms with Gasteiger partial charge in [-0.05, 0) is 26.2 Å². The molecule has 2 fully saturated rings. The van der Waals surface area contributed by atoms with Gasteiger partial charge in [0.15, 0.2) is 0 Å². The van der Waals surface area contributed by atoms with Crippen LogP contribution in [0.5, 0.6) is 0 Å². The molecular weight excluding hydrogens is 292 g/mol. The van der Waals surface area contributed by atoms with Crippen LogP contribution in [-0.4, -0.2) is 53.2 Å². The number of aryl methyl sites for hydroxylation is 2. The maximum atomic E-state index is 11.7. The van der Waals surface area contributed by atoms with E-state index in [0.717, 1.165) is 62.5 Å². The van der Waals surface area contributed by atoms with Crippen molar-refractivity contribution in [2.24, 2.45) is 0 Å². The highest BCUT2D eigenvalue weighted by atomic mass is 16.6. The summed E-state index contributed by atoms with van der Waals surface area (Å²) in [6.45, 7) is 6.68. The largest absolute Gasteiger partial charge is 0.441 e. The lowest BCUT2D eigenvalue weighted by Crippen LogP contribution is -2.35. The molecular formula is C17H26N4O2. The molecule has 0 aromatic carbocycles.